The molecule has 0 saturated heterocycles. The molecule has 0 radical (unpaired) electrons. The van der Waals surface area contributed by atoms with Crippen molar-refractivity contribution in [2.24, 2.45) is 0 Å². The van der Waals surface area contributed by atoms with Crippen LogP contribution < -0.4 is 4.74 Å². The topological polar surface area (TPSA) is 104 Å². The minimum Gasteiger partial charge on any atom is -0.494 e. The lowest BCUT2D eigenvalue weighted by molar-refractivity contribution is 0.340. The molecule has 0 bridgehead atoms. The van der Waals surface area contributed by atoms with E-state index in [-0.39, 0.29) is 59.4 Å². The van der Waals surface area contributed by atoms with Crippen LogP contribution in [0.15, 0.2) is 218 Å². The predicted octanol–water partition coefficient (Wildman–Crippen LogP) is 21.7. The van der Waals surface area contributed by atoms with Crippen molar-refractivity contribution in [2.75, 3.05) is 6.61 Å². The zero-order chi connectivity index (χ0) is 50.2. The molecule has 0 aliphatic carbocycles. The molecule has 0 fully saturated rings. The van der Waals surface area contributed by atoms with E-state index in [2.05, 4.69) is 142 Å². The molecular weight excluding hydrogens is 961 g/mol. The average Bonchev–Trinajstić information content (AvgIpc) is 3.46. The van der Waals surface area contributed by atoms with Crippen LogP contribution in [0.4, 0.5) is 0 Å². The molecule has 9 rings (SSSR count). The summed E-state index contributed by atoms with van der Waals surface area (Å²) in [6.07, 6.45) is 3.19. The van der Waals surface area contributed by atoms with Crippen molar-refractivity contribution in [1.82, 2.24) is 0 Å². The highest BCUT2D eigenvalue weighted by Gasteiger charge is 2.03. The molecule has 5 nitrogen and oxygen atoms in total. The van der Waals surface area contributed by atoms with E-state index in [1.165, 1.54) is 44.5 Å². The fourth-order valence-corrected chi connectivity index (χ4v) is 7.51. The fourth-order valence-electron chi connectivity index (χ4n) is 7.51. The number of ether oxygens (including phenoxy) is 1. The van der Waals surface area contributed by atoms with Crippen molar-refractivity contribution in [3.8, 4) is 85.7 Å². The minimum absolute atomic E-state index is 0. The van der Waals surface area contributed by atoms with Gasteiger partial charge in [-0.05, 0) is 159 Å². The number of rotatable bonds is 10. The van der Waals surface area contributed by atoms with E-state index in [4.69, 9.17) is 25.8 Å². The van der Waals surface area contributed by atoms with Crippen LogP contribution >= 0.6 is 0 Å². The zero-order valence-electron chi connectivity index (χ0n) is 40.8. The van der Waals surface area contributed by atoms with Gasteiger partial charge in [-0.1, -0.05) is 238 Å². The summed E-state index contributed by atoms with van der Waals surface area (Å²) < 4.78 is 5.39. The Bertz CT molecular complexity index is 3100. The summed E-state index contributed by atoms with van der Waals surface area (Å²) in [6, 6.07) is 81.4. The van der Waals surface area contributed by atoms with Crippen molar-refractivity contribution >= 4 is 0 Å². The van der Waals surface area contributed by atoms with Gasteiger partial charge in [-0.3, -0.25) is 0 Å². The highest BCUT2D eigenvalue weighted by atomic mass is 16.5. The lowest BCUT2D eigenvalue weighted by Crippen LogP contribution is -1.90. The summed E-state index contributed by atoms with van der Waals surface area (Å²) in [5.41, 5.74) is 18.5. The molecule has 0 heterocycles. The maximum Gasteiger partial charge on any atom is 0.119 e. The van der Waals surface area contributed by atoms with Gasteiger partial charge in [0.15, 0.2) is 0 Å². The van der Waals surface area contributed by atoms with Gasteiger partial charge in [0.2, 0.25) is 0 Å². The molecule has 0 N–H and O–H groups in total. The van der Waals surface area contributed by atoms with Crippen LogP contribution in [0.3, 0.4) is 0 Å². The summed E-state index contributed by atoms with van der Waals surface area (Å²) >= 11 is 0. The molecule has 410 valence electrons. The summed E-state index contributed by atoms with van der Waals surface area (Å²) in [7, 11) is 0. The third-order valence-electron chi connectivity index (χ3n) is 11.9. The smallest absolute Gasteiger partial charge is 0.119 e. The van der Waals surface area contributed by atoms with Gasteiger partial charge in [0.1, 0.15) is 5.75 Å². The highest BCUT2D eigenvalue weighted by molar-refractivity contribution is 5.71. The van der Waals surface area contributed by atoms with Gasteiger partial charge in [-0.15, -0.1) is 0 Å². The molecule has 0 unspecified atom stereocenters. The Kier molecular flexibility index (Phi) is 36.7. The Morgan fingerprint density at radius 2 is 0.392 bits per heavy atom. The Labute approximate surface area is 479 Å². The van der Waals surface area contributed by atoms with E-state index >= 15 is 0 Å². The van der Waals surface area contributed by atoms with Crippen LogP contribution in [0.1, 0.15) is 126 Å². The maximum atomic E-state index is 8.85. The van der Waals surface area contributed by atoms with Crippen molar-refractivity contribution in [3.05, 3.63) is 257 Å². The second-order valence-electron chi connectivity index (χ2n) is 16.4. The number of hydrogen-bond donors (Lipinski definition) is 0. The van der Waals surface area contributed by atoms with E-state index < -0.39 is 0 Å². The Hall–Kier alpha value is -9.26. The summed E-state index contributed by atoms with van der Waals surface area (Å²) in [6.45, 7) is 9.11. The van der Waals surface area contributed by atoms with Gasteiger partial charge in [0, 0.05) is 0 Å². The fraction of sp³-hybridized carbons (Fsp3) is 0.216. The number of benzene rings is 9. The highest BCUT2D eigenvalue weighted by Crippen LogP contribution is 2.27. The predicted molar refractivity (Wildman–Crippen MR) is 345 cm³/mol. The van der Waals surface area contributed by atoms with E-state index in [1.807, 2.05) is 128 Å². The van der Waals surface area contributed by atoms with Gasteiger partial charge in [-0.2, -0.15) is 21.0 Å². The summed E-state index contributed by atoms with van der Waals surface area (Å²) in [5.74, 6) is 0.880. The van der Waals surface area contributed by atoms with E-state index in [0.29, 0.717) is 28.9 Å². The number of aryl methyl sites for hydroxylation is 3. The lowest BCUT2D eigenvalue weighted by atomic mass is 9.99. The molecule has 0 spiro atoms. The first kappa shape index (κ1) is 74.0. The second kappa shape index (κ2) is 39.2. The summed E-state index contributed by atoms with van der Waals surface area (Å²) in [4.78, 5) is 0. The number of nitriles is 4. The van der Waals surface area contributed by atoms with Gasteiger partial charge >= 0.3 is 0 Å². The molecule has 0 saturated carbocycles. The second-order valence-corrected chi connectivity index (χ2v) is 16.4. The molecule has 0 aromatic heterocycles. The summed E-state index contributed by atoms with van der Waals surface area (Å²) in [5, 5.41) is 35.0. The van der Waals surface area contributed by atoms with Gasteiger partial charge in [0.05, 0.1) is 53.1 Å². The largest absolute Gasteiger partial charge is 0.494 e. The Balaban J connectivity index is -0.000000951. The average molecular weight is 1050 g/mol. The zero-order valence-corrected chi connectivity index (χ0v) is 40.8. The number of nitrogens with zero attached hydrogens (tertiary/aromatic N) is 4. The third kappa shape index (κ3) is 22.1. The Morgan fingerprint density at radius 1 is 0.241 bits per heavy atom. The molecule has 0 aliphatic heterocycles. The maximum absolute atomic E-state index is 8.85. The minimum atomic E-state index is 0. The van der Waals surface area contributed by atoms with Crippen LogP contribution in [0.25, 0.3) is 55.6 Å². The first-order chi connectivity index (χ1) is 34.8. The van der Waals surface area contributed by atoms with Gasteiger partial charge in [-0.25, -0.2) is 0 Å². The molecule has 79 heavy (non-hydrogen) atoms. The standard InChI is InChI=1S/C21H17N.C15H13NO.2C15H13N.8CH4/c1-2-16-3-7-18(8-4-16)20-11-13-21(14-12-20)19-9-5-17(15-22)6-10-19;1-2-17-15-9-7-14(8-10-15)13-5-3-12(11-16)4-6-13;2*1-2-12-3-7-14(8-4-12)15-9-5-13(11-16)6-10-15;;;;;;;;/h3-14H,2H2,1H3;3-10H,2H2,1H3;2*3-10H,2H2,1H3;8*1H4. The monoisotopic (exact) mass is 1050 g/mol. The van der Waals surface area contributed by atoms with Crippen LogP contribution in [-0.2, 0) is 19.3 Å². The number of hydrogen-bond acceptors (Lipinski definition) is 5. The van der Waals surface area contributed by atoms with E-state index in [1.54, 1.807) is 0 Å². The first-order valence-electron chi connectivity index (χ1n) is 23.9. The van der Waals surface area contributed by atoms with Crippen molar-refractivity contribution in [1.29, 1.82) is 21.0 Å². The van der Waals surface area contributed by atoms with E-state index in [9.17, 15) is 0 Å². The first-order valence-corrected chi connectivity index (χ1v) is 23.9. The SMILES string of the molecule is C.C.C.C.C.C.C.C.CCOc1ccc(-c2ccc(C#N)cc2)cc1.CCc1ccc(-c2ccc(-c3ccc(C#N)cc3)cc2)cc1.CCc1ccc(-c2ccc(C#N)cc2)cc1.CCc1ccc(-c2ccc(C#N)cc2)cc1. The van der Waals surface area contributed by atoms with Gasteiger partial charge in [0.25, 0.3) is 0 Å². The van der Waals surface area contributed by atoms with Crippen LogP contribution in [-0.4, -0.2) is 6.61 Å². The molecular formula is C74H88N4O. The molecule has 5 heteroatoms. The van der Waals surface area contributed by atoms with Crippen LogP contribution in [0, 0.1) is 45.3 Å². The molecule has 9 aromatic carbocycles. The van der Waals surface area contributed by atoms with Crippen molar-refractivity contribution in [2.45, 2.75) is 106 Å². The Morgan fingerprint density at radius 3 is 0.544 bits per heavy atom. The van der Waals surface area contributed by atoms with Crippen LogP contribution in [0.2, 0.25) is 0 Å². The van der Waals surface area contributed by atoms with Crippen molar-refractivity contribution in [3.63, 3.8) is 0 Å². The quantitative estimate of drug-likeness (QED) is 0.136. The molecule has 0 aliphatic rings. The third-order valence-corrected chi connectivity index (χ3v) is 11.9. The molecule has 0 atom stereocenters. The molecule has 0 amide bonds. The van der Waals surface area contributed by atoms with Gasteiger partial charge < -0.3 is 4.74 Å². The molecule has 9 aromatic rings. The van der Waals surface area contributed by atoms with Crippen LogP contribution in [0.5, 0.6) is 5.75 Å². The normalized spacial score (nSPS) is 8.86. The lowest BCUT2D eigenvalue weighted by Gasteiger charge is -2.06. The van der Waals surface area contributed by atoms with Crippen molar-refractivity contribution < 1.29 is 4.74 Å². The van der Waals surface area contributed by atoms with E-state index in [0.717, 1.165) is 52.8 Å².